The van der Waals surface area contributed by atoms with Crippen molar-refractivity contribution >= 4 is 11.7 Å². The largest absolute Gasteiger partial charge is 0.310 e. The summed E-state index contributed by atoms with van der Waals surface area (Å²) < 4.78 is 0. The molecule has 0 saturated heterocycles. The molecule has 0 aromatic carbocycles. The van der Waals surface area contributed by atoms with Crippen molar-refractivity contribution in [1.82, 2.24) is 4.98 Å². The molecule has 2 aliphatic rings. The number of nitrogens with one attached hydrogen (secondary N) is 1. The number of amides is 1. The van der Waals surface area contributed by atoms with Crippen LogP contribution in [0.5, 0.6) is 0 Å². The third-order valence-electron chi connectivity index (χ3n) is 2.96. The van der Waals surface area contributed by atoms with Crippen molar-refractivity contribution in [2.24, 2.45) is 0 Å². The molecule has 1 aliphatic carbocycles. The lowest BCUT2D eigenvalue weighted by Crippen LogP contribution is -2.18. The molecule has 1 amide bonds. The number of pyridine rings is 1. The van der Waals surface area contributed by atoms with E-state index in [1.54, 1.807) is 6.20 Å². The maximum absolute atomic E-state index is 11.6. The first-order chi connectivity index (χ1) is 6.22. The summed E-state index contributed by atoms with van der Waals surface area (Å²) in [6, 6.07) is 2.08. The van der Waals surface area contributed by atoms with E-state index in [9.17, 15) is 4.79 Å². The minimum atomic E-state index is -0.186. The van der Waals surface area contributed by atoms with E-state index >= 15 is 0 Å². The second kappa shape index (κ2) is 1.92. The van der Waals surface area contributed by atoms with Crippen LogP contribution in [0.4, 0.5) is 5.82 Å². The number of fused-ring (bicyclic) bond motifs is 2. The minimum absolute atomic E-state index is 0.139. The summed E-state index contributed by atoms with van der Waals surface area (Å²) in [7, 11) is 0. The predicted molar refractivity (Wildman–Crippen MR) is 48.5 cm³/mol. The van der Waals surface area contributed by atoms with Gasteiger partial charge in [0.15, 0.2) is 0 Å². The van der Waals surface area contributed by atoms with Gasteiger partial charge in [0.2, 0.25) is 5.91 Å². The predicted octanol–water partition coefficient (Wildman–Crippen LogP) is 1.37. The van der Waals surface area contributed by atoms with Gasteiger partial charge < -0.3 is 5.32 Å². The summed E-state index contributed by atoms with van der Waals surface area (Å²) >= 11 is 0. The van der Waals surface area contributed by atoms with Crippen LogP contribution in [0.25, 0.3) is 0 Å². The van der Waals surface area contributed by atoms with E-state index in [0.29, 0.717) is 0 Å². The van der Waals surface area contributed by atoms with Gasteiger partial charge in [-0.05, 0) is 31.4 Å². The van der Waals surface area contributed by atoms with E-state index in [2.05, 4.69) is 16.4 Å². The summed E-state index contributed by atoms with van der Waals surface area (Å²) in [6.07, 6.45) is 3.76. The van der Waals surface area contributed by atoms with Crippen LogP contribution in [0.2, 0.25) is 0 Å². The topological polar surface area (TPSA) is 42.0 Å². The zero-order valence-electron chi connectivity index (χ0n) is 7.42. The number of carbonyl (C=O) groups is 1. The standard InChI is InChI=1S/C10H10N2O/c1-6-4-7-8(11-5-6)12-9(13)10(7)2-3-10/h4-5H,2-3H2,1H3,(H,11,12,13). The lowest BCUT2D eigenvalue weighted by molar-refractivity contribution is -0.117. The van der Waals surface area contributed by atoms with Gasteiger partial charge in [-0.15, -0.1) is 0 Å². The number of nitrogens with zero attached hydrogens (tertiary/aromatic N) is 1. The molecule has 1 saturated carbocycles. The smallest absolute Gasteiger partial charge is 0.236 e. The second-order valence-electron chi connectivity index (χ2n) is 3.95. The van der Waals surface area contributed by atoms with Crippen LogP contribution in [-0.2, 0) is 10.2 Å². The Labute approximate surface area is 76.2 Å². The van der Waals surface area contributed by atoms with Gasteiger partial charge in [-0.1, -0.05) is 0 Å². The molecular weight excluding hydrogens is 164 g/mol. The van der Waals surface area contributed by atoms with Crippen molar-refractivity contribution in [2.75, 3.05) is 5.32 Å². The summed E-state index contributed by atoms with van der Waals surface area (Å²) in [5, 5.41) is 2.83. The molecule has 3 nitrogen and oxygen atoms in total. The molecule has 3 rings (SSSR count). The van der Waals surface area contributed by atoms with E-state index < -0.39 is 0 Å². The van der Waals surface area contributed by atoms with E-state index in [1.165, 1.54) is 0 Å². The van der Waals surface area contributed by atoms with Crippen molar-refractivity contribution < 1.29 is 4.79 Å². The van der Waals surface area contributed by atoms with Crippen LogP contribution in [0.1, 0.15) is 24.0 Å². The fraction of sp³-hybridized carbons (Fsp3) is 0.400. The van der Waals surface area contributed by atoms with Crippen molar-refractivity contribution in [3.05, 3.63) is 23.4 Å². The zero-order valence-corrected chi connectivity index (χ0v) is 7.42. The Morgan fingerprint density at radius 1 is 1.54 bits per heavy atom. The van der Waals surface area contributed by atoms with Gasteiger partial charge >= 0.3 is 0 Å². The van der Waals surface area contributed by atoms with E-state index in [1.807, 2.05) is 6.92 Å². The summed E-state index contributed by atoms with van der Waals surface area (Å²) in [5.41, 5.74) is 2.05. The summed E-state index contributed by atoms with van der Waals surface area (Å²) in [4.78, 5) is 15.8. The molecule has 1 spiro atoms. The van der Waals surface area contributed by atoms with E-state index in [-0.39, 0.29) is 11.3 Å². The van der Waals surface area contributed by atoms with Crippen LogP contribution in [0, 0.1) is 6.92 Å². The van der Waals surface area contributed by atoms with Crippen LogP contribution >= 0.6 is 0 Å². The van der Waals surface area contributed by atoms with Gasteiger partial charge in [0.1, 0.15) is 5.82 Å². The Hall–Kier alpha value is -1.38. The van der Waals surface area contributed by atoms with Gasteiger partial charge in [0.25, 0.3) is 0 Å². The van der Waals surface area contributed by atoms with Gasteiger partial charge in [0, 0.05) is 11.8 Å². The fourth-order valence-corrected chi connectivity index (χ4v) is 2.00. The van der Waals surface area contributed by atoms with Crippen LogP contribution in [0.15, 0.2) is 12.3 Å². The molecule has 2 heterocycles. The minimum Gasteiger partial charge on any atom is -0.310 e. The van der Waals surface area contributed by atoms with Gasteiger partial charge in [-0.3, -0.25) is 4.79 Å². The van der Waals surface area contributed by atoms with E-state index in [0.717, 1.165) is 29.8 Å². The number of carbonyl (C=O) groups excluding carboxylic acids is 1. The first kappa shape index (κ1) is 7.06. The van der Waals surface area contributed by atoms with Crippen molar-refractivity contribution in [1.29, 1.82) is 0 Å². The highest BCUT2D eigenvalue weighted by Crippen LogP contribution is 2.54. The van der Waals surface area contributed by atoms with Gasteiger partial charge in [-0.2, -0.15) is 0 Å². The highest BCUT2D eigenvalue weighted by Gasteiger charge is 2.56. The molecule has 1 aromatic rings. The summed E-state index contributed by atoms with van der Waals surface area (Å²) in [6.45, 7) is 2.01. The normalized spacial score (nSPS) is 21.5. The Morgan fingerprint density at radius 3 is 3.00 bits per heavy atom. The average molecular weight is 174 g/mol. The molecule has 0 bridgehead atoms. The lowest BCUT2D eigenvalue weighted by atomic mass is 9.99. The Balaban J connectivity index is 2.24. The first-order valence-corrected chi connectivity index (χ1v) is 4.51. The van der Waals surface area contributed by atoms with E-state index in [4.69, 9.17) is 0 Å². The molecule has 1 fully saturated rings. The van der Waals surface area contributed by atoms with Crippen LogP contribution in [0.3, 0.4) is 0 Å². The molecule has 13 heavy (non-hydrogen) atoms. The molecule has 3 heteroatoms. The number of hydrogen-bond donors (Lipinski definition) is 1. The molecular formula is C10H10N2O. The number of aryl methyl sites for hydroxylation is 1. The number of anilines is 1. The SMILES string of the molecule is Cc1cnc2c(c1)C1(CC1)C(=O)N2. The third kappa shape index (κ3) is 0.742. The number of rotatable bonds is 0. The monoisotopic (exact) mass is 174 g/mol. The van der Waals surface area contributed by atoms with Crippen LogP contribution in [-0.4, -0.2) is 10.9 Å². The number of aromatic nitrogens is 1. The van der Waals surface area contributed by atoms with Crippen molar-refractivity contribution in [3.8, 4) is 0 Å². The highest BCUT2D eigenvalue weighted by atomic mass is 16.2. The second-order valence-corrected chi connectivity index (χ2v) is 3.95. The quantitative estimate of drug-likeness (QED) is 0.645. The van der Waals surface area contributed by atoms with Crippen molar-refractivity contribution in [3.63, 3.8) is 0 Å². The molecule has 0 radical (unpaired) electrons. The Morgan fingerprint density at radius 2 is 2.31 bits per heavy atom. The average Bonchev–Trinajstić information content (AvgIpc) is 2.83. The Kier molecular flexibility index (Phi) is 1.04. The first-order valence-electron chi connectivity index (χ1n) is 4.51. The molecule has 1 aliphatic heterocycles. The molecule has 1 aromatic heterocycles. The van der Waals surface area contributed by atoms with Gasteiger partial charge in [-0.25, -0.2) is 4.98 Å². The molecule has 1 N–H and O–H groups in total. The summed E-state index contributed by atoms with van der Waals surface area (Å²) in [5.74, 6) is 0.911. The zero-order chi connectivity index (χ0) is 9.05. The number of hydrogen-bond acceptors (Lipinski definition) is 2. The molecule has 0 unspecified atom stereocenters. The Bertz CT molecular complexity index is 407. The van der Waals surface area contributed by atoms with Crippen LogP contribution < -0.4 is 5.32 Å². The maximum atomic E-state index is 11.6. The molecule has 66 valence electrons. The van der Waals surface area contributed by atoms with Gasteiger partial charge in [0.05, 0.1) is 5.41 Å². The fourth-order valence-electron chi connectivity index (χ4n) is 2.00. The highest BCUT2D eigenvalue weighted by molar-refractivity contribution is 6.07. The van der Waals surface area contributed by atoms with Crippen molar-refractivity contribution in [2.45, 2.75) is 25.2 Å². The molecule has 0 atom stereocenters. The lowest BCUT2D eigenvalue weighted by Gasteiger charge is -2.03. The maximum Gasteiger partial charge on any atom is 0.236 e. The third-order valence-corrected chi connectivity index (χ3v) is 2.96.